The molecule has 0 aliphatic heterocycles. The van der Waals surface area contributed by atoms with Crippen molar-refractivity contribution >= 4 is 45.4 Å². The zero-order valence-electron chi connectivity index (χ0n) is 19.4. The number of rotatable bonds is 8. The minimum atomic E-state index is -0.373. The topological polar surface area (TPSA) is 91.7 Å². The van der Waals surface area contributed by atoms with Gasteiger partial charge in [0, 0.05) is 17.9 Å². The van der Waals surface area contributed by atoms with Gasteiger partial charge in [0.1, 0.15) is 0 Å². The molecule has 0 aliphatic carbocycles. The van der Waals surface area contributed by atoms with Crippen molar-refractivity contribution in [3.63, 3.8) is 0 Å². The van der Waals surface area contributed by atoms with Gasteiger partial charge in [-0.15, -0.1) is 11.3 Å². The molecular weight excluding hydrogens is 462 g/mol. The molecule has 0 unspecified atom stereocenters. The van der Waals surface area contributed by atoms with E-state index in [1.54, 1.807) is 35.2 Å². The number of aryl methyl sites for hydroxylation is 1. The van der Waals surface area contributed by atoms with Crippen LogP contribution in [0, 0.1) is 6.92 Å². The van der Waals surface area contributed by atoms with E-state index in [2.05, 4.69) is 10.6 Å². The molecule has 2 heterocycles. The van der Waals surface area contributed by atoms with E-state index in [0.29, 0.717) is 22.1 Å². The van der Waals surface area contributed by atoms with Gasteiger partial charge in [-0.25, -0.2) is 0 Å². The second-order valence-electron chi connectivity index (χ2n) is 7.86. The fraction of sp³-hybridized carbons (Fsp3) is 0.148. The Morgan fingerprint density at radius 2 is 1.66 bits per heavy atom. The van der Waals surface area contributed by atoms with Crippen molar-refractivity contribution in [2.75, 3.05) is 22.1 Å². The number of amides is 3. The van der Waals surface area contributed by atoms with Gasteiger partial charge >= 0.3 is 0 Å². The normalized spacial score (nSPS) is 10.6. The fourth-order valence-corrected chi connectivity index (χ4v) is 4.59. The molecular formula is C27H25N3O4S. The second-order valence-corrected chi connectivity index (χ2v) is 8.91. The SMILES string of the molecule is CCN(C(=O)Cc1ccc(NC(=O)c2sc(NC(=O)c3ccco3)cc2C)cc1)c1ccccc1. The van der Waals surface area contributed by atoms with Gasteiger partial charge < -0.3 is 20.0 Å². The Kier molecular flexibility index (Phi) is 7.42. The van der Waals surface area contributed by atoms with Crippen LogP contribution in [-0.2, 0) is 11.2 Å². The lowest BCUT2D eigenvalue weighted by Gasteiger charge is -2.21. The quantitative estimate of drug-likeness (QED) is 0.331. The predicted molar refractivity (Wildman–Crippen MR) is 138 cm³/mol. The first-order valence-corrected chi connectivity index (χ1v) is 12.0. The highest BCUT2D eigenvalue weighted by Crippen LogP contribution is 2.28. The average molecular weight is 488 g/mol. The monoisotopic (exact) mass is 487 g/mol. The molecule has 4 rings (SSSR count). The third-order valence-electron chi connectivity index (χ3n) is 5.36. The molecule has 2 aromatic carbocycles. The Hall–Kier alpha value is -4.17. The molecule has 7 nitrogen and oxygen atoms in total. The fourth-order valence-electron chi connectivity index (χ4n) is 3.63. The van der Waals surface area contributed by atoms with Crippen LogP contribution in [0.3, 0.4) is 0 Å². The van der Waals surface area contributed by atoms with Crippen LogP contribution in [0.25, 0.3) is 0 Å². The van der Waals surface area contributed by atoms with Gasteiger partial charge in [-0.2, -0.15) is 0 Å². The number of para-hydroxylation sites is 1. The van der Waals surface area contributed by atoms with Crippen molar-refractivity contribution in [2.24, 2.45) is 0 Å². The Labute approximate surface area is 207 Å². The molecule has 0 saturated heterocycles. The molecule has 8 heteroatoms. The lowest BCUT2D eigenvalue weighted by molar-refractivity contribution is -0.117. The van der Waals surface area contributed by atoms with Gasteiger partial charge in [-0.3, -0.25) is 14.4 Å². The average Bonchev–Trinajstić information content (AvgIpc) is 3.52. The van der Waals surface area contributed by atoms with E-state index >= 15 is 0 Å². The van der Waals surface area contributed by atoms with Gasteiger partial charge in [0.15, 0.2) is 5.76 Å². The number of hydrogen-bond donors (Lipinski definition) is 2. The summed E-state index contributed by atoms with van der Waals surface area (Å²) < 4.78 is 5.10. The van der Waals surface area contributed by atoms with Crippen LogP contribution in [0.5, 0.6) is 0 Å². The number of carbonyl (C=O) groups excluding carboxylic acids is 3. The van der Waals surface area contributed by atoms with Gasteiger partial charge in [0.25, 0.3) is 11.8 Å². The lowest BCUT2D eigenvalue weighted by Crippen LogP contribution is -2.31. The number of likely N-dealkylation sites (N-methyl/N-ethyl adjacent to an activating group) is 1. The first-order valence-electron chi connectivity index (χ1n) is 11.2. The van der Waals surface area contributed by atoms with E-state index in [1.165, 1.54) is 17.6 Å². The molecule has 3 amide bonds. The summed E-state index contributed by atoms with van der Waals surface area (Å²) in [7, 11) is 0. The number of nitrogens with zero attached hydrogens (tertiary/aromatic N) is 1. The van der Waals surface area contributed by atoms with Gasteiger partial charge in [-0.05, 0) is 67.4 Å². The number of anilines is 3. The molecule has 35 heavy (non-hydrogen) atoms. The molecule has 4 aromatic rings. The maximum atomic E-state index is 12.8. The molecule has 0 radical (unpaired) electrons. The summed E-state index contributed by atoms with van der Waals surface area (Å²) in [5.41, 5.74) is 3.10. The maximum Gasteiger partial charge on any atom is 0.291 e. The Morgan fingerprint density at radius 3 is 2.31 bits per heavy atom. The highest BCUT2D eigenvalue weighted by atomic mass is 32.1. The van der Waals surface area contributed by atoms with E-state index in [-0.39, 0.29) is 29.9 Å². The van der Waals surface area contributed by atoms with Crippen LogP contribution >= 0.6 is 11.3 Å². The Balaban J connectivity index is 1.37. The summed E-state index contributed by atoms with van der Waals surface area (Å²) in [6.45, 7) is 4.35. The van der Waals surface area contributed by atoms with Crippen LogP contribution in [-0.4, -0.2) is 24.3 Å². The van der Waals surface area contributed by atoms with Crippen molar-refractivity contribution < 1.29 is 18.8 Å². The van der Waals surface area contributed by atoms with Crippen molar-refractivity contribution in [1.29, 1.82) is 0 Å². The smallest absolute Gasteiger partial charge is 0.291 e. The van der Waals surface area contributed by atoms with Crippen LogP contribution < -0.4 is 15.5 Å². The van der Waals surface area contributed by atoms with E-state index in [0.717, 1.165) is 16.8 Å². The van der Waals surface area contributed by atoms with E-state index in [1.807, 2.05) is 56.3 Å². The number of nitrogens with one attached hydrogen (secondary N) is 2. The van der Waals surface area contributed by atoms with Gasteiger partial charge in [0.2, 0.25) is 5.91 Å². The summed E-state index contributed by atoms with van der Waals surface area (Å²) in [5, 5.41) is 6.18. The lowest BCUT2D eigenvalue weighted by atomic mass is 10.1. The number of thiophene rings is 1. The Bertz CT molecular complexity index is 1310. The predicted octanol–water partition coefficient (Wildman–Crippen LogP) is 5.75. The van der Waals surface area contributed by atoms with Crippen molar-refractivity contribution in [1.82, 2.24) is 0 Å². The largest absolute Gasteiger partial charge is 0.459 e. The molecule has 0 fully saturated rings. The van der Waals surface area contributed by atoms with Crippen LogP contribution in [0.1, 0.15) is 38.3 Å². The minimum Gasteiger partial charge on any atom is -0.459 e. The zero-order chi connectivity index (χ0) is 24.8. The third kappa shape index (κ3) is 5.85. The molecule has 2 aromatic heterocycles. The molecule has 0 bridgehead atoms. The van der Waals surface area contributed by atoms with Crippen molar-refractivity contribution in [3.8, 4) is 0 Å². The second kappa shape index (κ2) is 10.8. The molecule has 2 N–H and O–H groups in total. The van der Waals surface area contributed by atoms with Crippen molar-refractivity contribution in [2.45, 2.75) is 20.3 Å². The number of carbonyl (C=O) groups is 3. The summed E-state index contributed by atoms with van der Waals surface area (Å²) in [5.74, 6) is -0.432. The number of benzene rings is 2. The van der Waals surface area contributed by atoms with E-state index in [4.69, 9.17) is 4.42 Å². The number of furan rings is 1. The van der Waals surface area contributed by atoms with Crippen molar-refractivity contribution in [3.05, 3.63) is 101 Å². The molecule has 0 aliphatic rings. The maximum absolute atomic E-state index is 12.8. The molecule has 0 spiro atoms. The summed E-state index contributed by atoms with van der Waals surface area (Å²) in [4.78, 5) is 40.1. The molecule has 178 valence electrons. The van der Waals surface area contributed by atoms with Gasteiger partial charge in [0.05, 0.1) is 22.6 Å². The van der Waals surface area contributed by atoms with Crippen LogP contribution in [0.2, 0.25) is 0 Å². The van der Waals surface area contributed by atoms with Crippen LogP contribution in [0.4, 0.5) is 16.4 Å². The first kappa shape index (κ1) is 24.0. The highest BCUT2D eigenvalue weighted by Gasteiger charge is 2.17. The standard InChI is InChI=1S/C27H25N3O4S/c1-3-30(21-8-5-4-6-9-21)24(31)17-19-11-13-20(14-12-19)28-27(33)25-18(2)16-23(35-25)29-26(32)22-10-7-15-34-22/h4-16H,3,17H2,1-2H3,(H,28,33)(H,29,32). The third-order valence-corrected chi connectivity index (χ3v) is 6.51. The molecule has 0 saturated carbocycles. The van der Waals surface area contributed by atoms with Gasteiger partial charge in [-0.1, -0.05) is 30.3 Å². The molecule has 0 atom stereocenters. The number of hydrogen-bond acceptors (Lipinski definition) is 5. The van der Waals surface area contributed by atoms with Crippen LogP contribution in [0.15, 0.2) is 83.5 Å². The Morgan fingerprint density at radius 1 is 0.914 bits per heavy atom. The summed E-state index contributed by atoms with van der Waals surface area (Å²) >= 11 is 1.19. The summed E-state index contributed by atoms with van der Waals surface area (Å²) in [6.07, 6.45) is 1.69. The zero-order valence-corrected chi connectivity index (χ0v) is 20.2. The highest BCUT2D eigenvalue weighted by molar-refractivity contribution is 7.18. The summed E-state index contributed by atoms with van der Waals surface area (Å²) in [6, 6.07) is 21.8. The van der Waals surface area contributed by atoms with E-state index in [9.17, 15) is 14.4 Å². The first-order chi connectivity index (χ1) is 16.9. The van der Waals surface area contributed by atoms with E-state index < -0.39 is 0 Å². The minimum absolute atomic E-state index is 0.00817.